The van der Waals surface area contributed by atoms with Gasteiger partial charge in [0.05, 0.1) is 6.33 Å². The Morgan fingerprint density at radius 3 is 3.00 bits per heavy atom. The topological polar surface area (TPSA) is 67.2 Å². The SMILES string of the molecule is O=C(NC1CCCCC1CO)c1cccc(-n2ccnc2)c1. The minimum Gasteiger partial charge on any atom is -0.396 e. The largest absolute Gasteiger partial charge is 0.396 e. The van der Waals surface area contributed by atoms with Gasteiger partial charge < -0.3 is 15.0 Å². The summed E-state index contributed by atoms with van der Waals surface area (Å²) in [5, 5.41) is 12.5. The Hall–Kier alpha value is -2.14. The van der Waals surface area contributed by atoms with E-state index < -0.39 is 0 Å². The first-order valence-corrected chi connectivity index (χ1v) is 7.78. The van der Waals surface area contributed by atoms with Gasteiger partial charge in [-0.2, -0.15) is 0 Å². The number of amides is 1. The second-order valence-electron chi connectivity index (χ2n) is 5.83. The van der Waals surface area contributed by atoms with Crippen molar-refractivity contribution in [3.8, 4) is 5.69 Å². The monoisotopic (exact) mass is 299 g/mol. The fourth-order valence-electron chi connectivity index (χ4n) is 3.09. The number of nitrogens with one attached hydrogen (secondary N) is 1. The van der Waals surface area contributed by atoms with E-state index in [0.717, 1.165) is 31.4 Å². The van der Waals surface area contributed by atoms with Crippen LogP contribution >= 0.6 is 0 Å². The highest BCUT2D eigenvalue weighted by atomic mass is 16.3. The molecule has 1 aromatic carbocycles. The van der Waals surface area contributed by atoms with Crippen molar-refractivity contribution in [1.29, 1.82) is 0 Å². The van der Waals surface area contributed by atoms with Gasteiger partial charge in [-0.1, -0.05) is 18.9 Å². The van der Waals surface area contributed by atoms with Gasteiger partial charge in [-0.15, -0.1) is 0 Å². The fraction of sp³-hybridized carbons (Fsp3) is 0.412. The van der Waals surface area contributed by atoms with Crippen molar-refractivity contribution < 1.29 is 9.90 Å². The van der Waals surface area contributed by atoms with Crippen LogP contribution in [0, 0.1) is 5.92 Å². The third-order valence-electron chi connectivity index (χ3n) is 4.37. The zero-order valence-electron chi connectivity index (χ0n) is 12.5. The van der Waals surface area contributed by atoms with Crippen molar-refractivity contribution >= 4 is 5.91 Å². The number of hydrogen-bond acceptors (Lipinski definition) is 3. The minimum absolute atomic E-state index is 0.0724. The Morgan fingerprint density at radius 1 is 1.36 bits per heavy atom. The van der Waals surface area contributed by atoms with Crippen LogP contribution in [0.4, 0.5) is 0 Å². The highest BCUT2D eigenvalue weighted by Gasteiger charge is 2.26. The Morgan fingerprint density at radius 2 is 2.23 bits per heavy atom. The van der Waals surface area contributed by atoms with Gasteiger partial charge in [-0.25, -0.2) is 4.98 Å². The molecule has 22 heavy (non-hydrogen) atoms. The number of imidazole rings is 1. The molecule has 1 aliphatic rings. The summed E-state index contributed by atoms with van der Waals surface area (Å²) < 4.78 is 1.87. The molecule has 1 saturated carbocycles. The van der Waals surface area contributed by atoms with E-state index in [1.54, 1.807) is 12.5 Å². The van der Waals surface area contributed by atoms with Gasteiger partial charge in [0.1, 0.15) is 0 Å². The number of nitrogens with zero attached hydrogens (tertiary/aromatic N) is 2. The van der Waals surface area contributed by atoms with Crippen LogP contribution in [-0.4, -0.2) is 33.2 Å². The average molecular weight is 299 g/mol. The van der Waals surface area contributed by atoms with E-state index in [-0.39, 0.29) is 24.5 Å². The molecule has 0 aliphatic heterocycles. The van der Waals surface area contributed by atoms with E-state index in [9.17, 15) is 9.90 Å². The molecule has 1 aliphatic carbocycles. The van der Waals surface area contributed by atoms with E-state index in [1.165, 1.54) is 0 Å². The number of aromatic nitrogens is 2. The summed E-state index contributed by atoms with van der Waals surface area (Å²) in [6.07, 6.45) is 9.43. The zero-order chi connectivity index (χ0) is 15.4. The number of carbonyl (C=O) groups is 1. The summed E-state index contributed by atoms with van der Waals surface area (Å²) >= 11 is 0. The molecule has 0 bridgehead atoms. The van der Waals surface area contributed by atoms with Crippen LogP contribution in [0.25, 0.3) is 5.69 Å². The van der Waals surface area contributed by atoms with Crippen LogP contribution < -0.4 is 5.32 Å². The molecular formula is C17H21N3O2. The van der Waals surface area contributed by atoms with Crippen molar-refractivity contribution in [2.75, 3.05) is 6.61 Å². The molecule has 5 nitrogen and oxygen atoms in total. The lowest BCUT2D eigenvalue weighted by molar-refractivity contribution is 0.0872. The molecular weight excluding hydrogens is 278 g/mol. The van der Waals surface area contributed by atoms with Gasteiger partial charge in [0.2, 0.25) is 0 Å². The highest BCUT2D eigenvalue weighted by Crippen LogP contribution is 2.24. The Balaban J connectivity index is 1.73. The fourth-order valence-corrected chi connectivity index (χ4v) is 3.09. The number of benzene rings is 1. The molecule has 3 rings (SSSR count). The summed E-state index contributed by atoms with van der Waals surface area (Å²) in [6, 6.07) is 7.55. The maximum Gasteiger partial charge on any atom is 0.251 e. The summed E-state index contributed by atoms with van der Waals surface area (Å²) in [7, 11) is 0. The third kappa shape index (κ3) is 3.20. The number of rotatable bonds is 4. The predicted octanol–water partition coefficient (Wildman–Crippen LogP) is 2.15. The number of aliphatic hydroxyl groups is 1. The first-order chi connectivity index (χ1) is 10.8. The predicted molar refractivity (Wildman–Crippen MR) is 83.9 cm³/mol. The summed E-state index contributed by atoms with van der Waals surface area (Å²) in [5.41, 5.74) is 1.54. The van der Waals surface area contributed by atoms with Crippen LogP contribution in [0.15, 0.2) is 43.0 Å². The quantitative estimate of drug-likeness (QED) is 0.909. The molecule has 2 unspecified atom stereocenters. The number of hydrogen-bond donors (Lipinski definition) is 2. The van der Waals surface area contributed by atoms with Crippen molar-refractivity contribution in [3.05, 3.63) is 48.5 Å². The van der Waals surface area contributed by atoms with Gasteiger partial charge in [-0.05, 0) is 31.0 Å². The third-order valence-corrected chi connectivity index (χ3v) is 4.37. The lowest BCUT2D eigenvalue weighted by Crippen LogP contribution is -2.43. The second kappa shape index (κ2) is 6.75. The van der Waals surface area contributed by atoms with Crippen LogP contribution in [0.1, 0.15) is 36.0 Å². The molecule has 0 radical (unpaired) electrons. The summed E-state index contributed by atoms with van der Waals surface area (Å²) in [5.74, 6) is 0.0989. The van der Waals surface area contributed by atoms with Gasteiger partial charge in [-0.3, -0.25) is 4.79 Å². The van der Waals surface area contributed by atoms with Crippen molar-refractivity contribution in [2.24, 2.45) is 5.92 Å². The molecule has 2 atom stereocenters. The molecule has 0 spiro atoms. The first kappa shape index (κ1) is 14.8. The second-order valence-corrected chi connectivity index (χ2v) is 5.83. The molecule has 1 amide bonds. The lowest BCUT2D eigenvalue weighted by atomic mass is 9.85. The molecule has 1 heterocycles. The van der Waals surface area contributed by atoms with Gasteiger partial charge in [0.15, 0.2) is 0 Å². The Labute approximate surface area is 130 Å². The number of carbonyl (C=O) groups excluding carboxylic acids is 1. The van der Waals surface area contributed by atoms with E-state index in [2.05, 4.69) is 10.3 Å². The first-order valence-electron chi connectivity index (χ1n) is 7.78. The highest BCUT2D eigenvalue weighted by molar-refractivity contribution is 5.94. The smallest absolute Gasteiger partial charge is 0.251 e. The zero-order valence-corrected chi connectivity index (χ0v) is 12.5. The van der Waals surface area contributed by atoms with E-state index in [1.807, 2.05) is 35.0 Å². The Kier molecular flexibility index (Phi) is 4.53. The summed E-state index contributed by atoms with van der Waals surface area (Å²) in [4.78, 5) is 16.5. The van der Waals surface area contributed by atoms with Gasteiger partial charge in [0.25, 0.3) is 5.91 Å². The summed E-state index contributed by atoms with van der Waals surface area (Å²) in [6.45, 7) is 0.139. The van der Waals surface area contributed by atoms with Crippen LogP contribution in [0.5, 0.6) is 0 Å². The van der Waals surface area contributed by atoms with Crippen molar-refractivity contribution in [2.45, 2.75) is 31.7 Å². The van der Waals surface area contributed by atoms with Crippen molar-refractivity contribution in [3.63, 3.8) is 0 Å². The Bertz CT molecular complexity index is 625. The molecule has 116 valence electrons. The standard InChI is InChI=1S/C17H21N3O2/c21-11-14-4-1-2-7-16(14)19-17(22)13-5-3-6-15(10-13)20-9-8-18-12-20/h3,5-6,8-10,12,14,16,21H,1-2,4,7,11H2,(H,19,22). The maximum absolute atomic E-state index is 12.5. The van der Waals surface area contributed by atoms with Crippen LogP contribution in [0.2, 0.25) is 0 Å². The molecule has 5 heteroatoms. The molecule has 2 N–H and O–H groups in total. The number of aliphatic hydroxyl groups excluding tert-OH is 1. The molecule has 1 aromatic heterocycles. The minimum atomic E-state index is -0.0766. The van der Waals surface area contributed by atoms with Crippen molar-refractivity contribution in [1.82, 2.24) is 14.9 Å². The normalized spacial score (nSPS) is 21.5. The van der Waals surface area contributed by atoms with Gasteiger partial charge in [0, 0.05) is 42.2 Å². The molecule has 1 fully saturated rings. The lowest BCUT2D eigenvalue weighted by Gasteiger charge is -2.30. The van der Waals surface area contributed by atoms with E-state index in [4.69, 9.17) is 0 Å². The average Bonchev–Trinajstić information content (AvgIpc) is 3.10. The van der Waals surface area contributed by atoms with E-state index >= 15 is 0 Å². The van der Waals surface area contributed by atoms with Crippen LogP contribution in [0.3, 0.4) is 0 Å². The maximum atomic E-state index is 12.5. The molecule has 0 saturated heterocycles. The van der Waals surface area contributed by atoms with E-state index in [0.29, 0.717) is 5.56 Å². The molecule has 2 aromatic rings. The van der Waals surface area contributed by atoms with Gasteiger partial charge >= 0.3 is 0 Å². The van der Waals surface area contributed by atoms with Crippen LogP contribution in [-0.2, 0) is 0 Å².